The number of hydrogen-bond acceptors (Lipinski definition) is 3. The quantitative estimate of drug-likeness (QED) is 0.819. The average molecular weight is 313 g/mol. The molecular weight excluding hydrogens is 296 g/mol. The first-order valence-corrected chi connectivity index (χ1v) is 6.60. The van der Waals surface area contributed by atoms with E-state index in [1.165, 1.54) is 0 Å². The van der Waals surface area contributed by atoms with Crippen molar-refractivity contribution in [2.24, 2.45) is 0 Å². The molecule has 0 aliphatic carbocycles. The third-order valence-corrected chi connectivity index (χ3v) is 3.11. The molecule has 1 N–H and O–H groups in total. The van der Waals surface area contributed by atoms with E-state index in [1.54, 1.807) is 12.1 Å². The maximum absolute atomic E-state index is 11.6. The number of hydrogen-bond donors (Lipinski definition) is 1. The summed E-state index contributed by atoms with van der Waals surface area (Å²) in [7, 11) is 1.84. The van der Waals surface area contributed by atoms with Gasteiger partial charge in [-0.3, -0.25) is 9.59 Å². The van der Waals surface area contributed by atoms with E-state index in [4.69, 9.17) is 0 Å². The van der Waals surface area contributed by atoms with E-state index < -0.39 is 0 Å². The fraction of sp³-hybridized carbons (Fsp3) is 0.385. The molecule has 0 saturated carbocycles. The Morgan fingerprint density at radius 1 is 1.50 bits per heavy atom. The molecule has 0 saturated heterocycles. The normalized spacial score (nSPS) is 9.94. The Morgan fingerprint density at radius 2 is 2.22 bits per heavy atom. The van der Waals surface area contributed by atoms with Crippen LogP contribution >= 0.6 is 15.9 Å². The summed E-state index contributed by atoms with van der Waals surface area (Å²) in [4.78, 5) is 24.1. The molecule has 4 nitrogen and oxygen atoms in total. The van der Waals surface area contributed by atoms with Gasteiger partial charge in [0.25, 0.3) is 0 Å². The lowest BCUT2D eigenvalue weighted by atomic mass is 10.2. The molecule has 98 valence electrons. The van der Waals surface area contributed by atoms with Crippen molar-refractivity contribution in [1.29, 1.82) is 0 Å². The zero-order valence-corrected chi connectivity index (χ0v) is 12.2. The molecule has 0 aliphatic heterocycles. The molecule has 1 aromatic carbocycles. The maximum Gasteiger partial charge on any atom is 0.239 e. The van der Waals surface area contributed by atoms with Crippen LogP contribution in [0, 0.1) is 0 Å². The van der Waals surface area contributed by atoms with E-state index >= 15 is 0 Å². The first kappa shape index (κ1) is 14.7. The highest BCUT2D eigenvalue weighted by atomic mass is 79.9. The van der Waals surface area contributed by atoms with Crippen LogP contribution in [0.3, 0.4) is 0 Å². The zero-order chi connectivity index (χ0) is 13.5. The minimum absolute atomic E-state index is 0.00860. The number of halogens is 1. The van der Waals surface area contributed by atoms with Crippen LogP contribution in [0.4, 0.5) is 5.69 Å². The largest absolute Gasteiger partial charge is 0.364 e. The Bertz CT molecular complexity index is 435. The topological polar surface area (TPSA) is 49.4 Å². The fourth-order valence-electron chi connectivity index (χ4n) is 1.53. The lowest BCUT2D eigenvalue weighted by molar-refractivity contribution is -0.119. The molecule has 0 aromatic heterocycles. The van der Waals surface area contributed by atoms with Gasteiger partial charge in [-0.25, -0.2) is 0 Å². The number of rotatable bonds is 6. The minimum atomic E-state index is -0.00860. The summed E-state index contributed by atoms with van der Waals surface area (Å²) in [5.74, 6) is -0.00860. The van der Waals surface area contributed by atoms with Crippen molar-refractivity contribution < 1.29 is 9.59 Å². The molecule has 0 atom stereocenters. The number of carbonyl (C=O) groups excluding carboxylic acids is 2. The summed E-state index contributed by atoms with van der Waals surface area (Å²) in [5, 5.41) is 2.82. The Balaban J connectivity index is 2.69. The van der Waals surface area contributed by atoms with Gasteiger partial charge in [0, 0.05) is 23.6 Å². The monoisotopic (exact) mass is 312 g/mol. The molecule has 1 rings (SSSR count). The summed E-state index contributed by atoms with van der Waals surface area (Å²) in [6.45, 7) is 3.00. The lowest BCUT2D eigenvalue weighted by Crippen LogP contribution is -2.35. The van der Waals surface area contributed by atoms with Crippen LogP contribution < -0.4 is 10.2 Å². The number of amides is 1. The van der Waals surface area contributed by atoms with Crippen molar-refractivity contribution >= 4 is 33.8 Å². The summed E-state index contributed by atoms with van der Waals surface area (Å²) in [6, 6.07) is 5.29. The summed E-state index contributed by atoms with van der Waals surface area (Å²) in [5.41, 5.74) is 1.49. The van der Waals surface area contributed by atoms with E-state index in [0.29, 0.717) is 18.7 Å². The van der Waals surface area contributed by atoms with Gasteiger partial charge in [0.15, 0.2) is 0 Å². The Morgan fingerprint density at radius 3 is 2.78 bits per heavy atom. The van der Waals surface area contributed by atoms with Crippen molar-refractivity contribution in [3.05, 3.63) is 28.2 Å². The lowest BCUT2D eigenvalue weighted by Gasteiger charge is -2.20. The van der Waals surface area contributed by atoms with Gasteiger partial charge in [-0.2, -0.15) is 0 Å². The van der Waals surface area contributed by atoms with Gasteiger partial charge in [0.2, 0.25) is 5.91 Å². The first-order chi connectivity index (χ1) is 8.58. The van der Waals surface area contributed by atoms with Gasteiger partial charge < -0.3 is 10.2 Å². The molecule has 18 heavy (non-hydrogen) atoms. The van der Waals surface area contributed by atoms with Crippen LogP contribution in [-0.2, 0) is 4.79 Å². The van der Waals surface area contributed by atoms with E-state index in [-0.39, 0.29) is 5.91 Å². The molecule has 0 unspecified atom stereocenters. The highest BCUT2D eigenvalue weighted by Gasteiger charge is 2.10. The van der Waals surface area contributed by atoms with Gasteiger partial charge in [-0.05, 0) is 40.5 Å². The van der Waals surface area contributed by atoms with Crippen molar-refractivity contribution in [3.8, 4) is 0 Å². The molecular formula is C13H17BrN2O2. The number of aldehydes is 1. The molecule has 5 heteroatoms. The molecule has 0 fully saturated rings. The Kier molecular flexibility index (Phi) is 5.85. The number of nitrogens with one attached hydrogen (secondary N) is 1. The molecule has 0 aliphatic rings. The average Bonchev–Trinajstić information content (AvgIpc) is 2.35. The number of nitrogens with zero attached hydrogens (tertiary/aromatic N) is 1. The van der Waals surface area contributed by atoms with Crippen LogP contribution in [0.15, 0.2) is 22.7 Å². The van der Waals surface area contributed by atoms with Gasteiger partial charge in [0.1, 0.15) is 6.29 Å². The molecule has 1 aromatic rings. The molecule has 0 radical (unpaired) electrons. The van der Waals surface area contributed by atoms with Crippen LogP contribution in [0.1, 0.15) is 23.7 Å². The standard InChI is InChI=1S/C13H17BrN2O2/c1-3-6-15-13(18)8-16(2)12-5-4-10(9-17)7-11(12)14/h4-5,7,9H,3,6,8H2,1-2H3,(H,15,18). The number of benzene rings is 1. The van der Waals surface area contributed by atoms with Crippen molar-refractivity contribution in [1.82, 2.24) is 5.32 Å². The predicted octanol–water partition coefficient (Wildman–Crippen LogP) is 2.22. The number of likely N-dealkylation sites (N-methyl/N-ethyl adjacent to an activating group) is 1. The van der Waals surface area contributed by atoms with Crippen molar-refractivity contribution in [3.63, 3.8) is 0 Å². The smallest absolute Gasteiger partial charge is 0.239 e. The molecule has 0 bridgehead atoms. The second kappa shape index (κ2) is 7.16. The molecule has 1 amide bonds. The number of anilines is 1. The van der Waals surface area contributed by atoms with Gasteiger partial charge in [-0.1, -0.05) is 6.92 Å². The highest BCUT2D eigenvalue weighted by Crippen LogP contribution is 2.25. The first-order valence-electron chi connectivity index (χ1n) is 5.81. The van der Waals surface area contributed by atoms with Crippen LogP contribution in [-0.4, -0.2) is 32.3 Å². The Hall–Kier alpha value is -1.36. The molecule has 0 heterocycles. The fourth-order valence-corrected chi connectivity index (χ4v) is 2.23. The van der Waals surface area contributed by atoms with Crippen molar-refractivity contribution in [2.75, 3.05) is 25.0 Å². The second-order valence-corrected chi connectivity index (χ2v) is 4.89. The third-order valence-electron chi connectivity index (χ3n) is 2.47. The summed E-state index contributed by atoms with van der Waals surface area (Å²) < 4.78 is 0.804. The summed E-state index contributed by atoms with van der Waals surface area (Å²) >= 11 is 3.40. The van der Waals surface area contributed by atoms with E-state index in [2.05, 4.69) is 21.2 Å². The summed E-state index contributed by atoms with van der Waals surface area (Å²) in [6.07, 6.45) is 1.72. The predicted molar refractivity (Wildman–Crippen MR) is 76.1 cm³/mol. The minimum Gasteiger partial charge on any atom is -0.364 e. The zero-order valence-electron chi connectivity index (χ0n) is 10.6. The van der Waals surface area contributed by atoms with E-state index in [1.807, 2.05) is 24.9 Å². The molecule has 0 spiro atoms. The van der Waals surface area contributed by atoms with E-state index in [0.717, 1.165) is 22.9 Å². The van der Waals surface area contributed by atoms with Gasteiger partial charge >= 0.3 is 0 Å². The third kappa shape index (κ3) is 4.14. The van der Waals surface area contributed by atoms with Gasteiger partial charge in [0.05, 0.1) is 12.2 Å². The SMILES string of the molecule is CCCNC(=O)CN(C)c1ccc(C=O)cc1Br. The number of carbonyl (C=O) groups is 2. The Labute approximate surface area is 115 Å². The van der Waals surface area contributed by atoms with Crippen molar-refractivity contribution in [2.45, 2.75) is 13.3 Å². The second-order valence-electron chi connectivity index (χ2n) is 4.03. The maximum atomic E-state index is 11.6. The van der Waals surface area contributed by atoms with E-state index in [9.17, 15) is 9.59 Å². The van der Waals surface area contributed by atoms with Crippen LogP contribution in [0.5, 0.6) is 0 Å². The van der Waals surface area contributed by atoms with Crippen LogP contribution in [0.25, 0.3) is 0 Å². The van der Waals surface area contributed by atoms with Crippen LogP contribution in [0.2, 0.25) is 0 Å². The highest BCUT2D eigenvalue weighted by molar-refractivity contribution is 9.10. The van der Waals surface area contributed by atoms with Gasteiger partial charge in [-0.15, -0.1) is 0 Å².